The van der Waals surface area contributed by atoms with E-state index in [1.54, 1.807) is 0 Å². The van der Waals surface area contributed by atoms with Crippen LogP contribution < -0.4 is 14.8 Å². The maximum Gasteiger partial charge on any atom is 0.387 e. The van der Waals surface area contributed by atoms with Crippen molar-refractivity contribution < 1.29 is 21.9 Å². The van der Waals surface area contributed by atoms with E-state index in [1.807, 2.05) is 0 Å². The molecule has 1 aromatic rings. The van der Waals surface area contributed by atoms with Gasteiger partial charge in [-0.3, -0.25) is 0 Å². The number of piperidine rings is 1. The molecule has 0 aromatic heterocycles. The van der Waals surface area contributed by atoms with Crippen molar-refractivity contribution >= 4 is 21.6 Å². The van der Waals surface area contributed by atoms with E-state index >= 15 is 0 Å². The van der Waals surface area contributed by atoms with Gasteiger partial charge in [0.1, 0.15) is 5.75 Å². The molecule has 0 unspecified atom stereocenters. The van der Waals surface area contributed by atoms with E-state index in [0.717, 1.165) is 31.5 Å². The molecular formula is C12H15ClF2N2O3S. The summed E-state index contributed by atoms with van der Waals surface area (Å²) in [6.45, 7) is -1.60. The predicted octanol–water partition coefficient (Wildman–Crippen LogP) is 1.97. The predicted molar refractivity (Wildman–Crippen MR) is 74.3 cm³/mol. The molecule has 0 bridgehead atoms. The maximum atomic E-state index is 12.2. The Hall–Kier alpha value is -0.960. The number of rotatable bonds is 5. The molecule has 0 saturated carbocycles. The van der Waals surface area contributed by atoms with Gasteiger partial charge in [-0.05, 0) is 37.6 Å². The molecule has 1 atom stereocenters. The van der Waals surface area contributed by atoms with Crippen LogP contribution in [0.25, 0.3) is 0 Å². The van der Waals surface area contributed by atoms with Crippen LogP contribution in [0.2, 0.25) is 5.02 Å². The molecule has 1 aromatic carbocycles. The minimum atomic E-state index is -3.75. The second-order valence-corrected chi connectivity index (χ2v) is 6.76. The summed E-state index contributed by atoms with van der Waals surface area (Å²) < 4.78 is 55.4. The van der Waals surface area contributed by atoms with Gasteiger partial charge < -0.3 is 10.1 Å². The first kappa shape index (κ1) is 16.4. The van der Waals surface area contributed by atoms with Crippen LogP contribution in [0, 0.1) is 0 Å². The standard InChI is InChI=1S/C12H15ClF2N2O3S/c13-10-6-9(3-4-11(10)20-12(14)15)21(18,19)17-8-2-1-5-16-7-8/h3-4,6,8,12,16-17H,1-2,5,7H2/t8-/m0/s1. The van der Waals surface area contributed by atoms with E-state index in [0.29, 0.717) is 6.54 Å². The average Bonchev–Trinajstić information content (AvgIpc) is 2.41. The molecule has 0 radical (unpaired) electrons. The van der Waals surface area contributed by atoms with Crippen LogP contribution in [-0.2, 0) is 10.0 Å². The topological polar surface area (TPSA) is 67.4 Å². The minimum Gasteiger partial charge on any atom is -0.433 e. The zero-order valence-electron chi connectivity index (χ0n) is 11.0. The molecule has 0 aliphatic carbocycles. The zero-order chi connectivity index (χ0) is 15.5. The fraction of sp³-hybridized carbons (Fsp3) is 0.500. The zero-order valence-corrected chi connectivity index (χ0v) is 12.6. The normalized spacial score (nSPS) is 19.7. The van der Waals surface area contributed by atoms with Crippen molar-refractivity contribution in [3.63, 3.8) is 0 Å². The van der Waals surface area contributed by atoms with Gasteiger partial charge in [0.15, 0.2) is 0 Å². The molecule has 0 amide bonds. The molecule has 1 fully saturated rings. The van der Waals surface area contributed by atoms with Crippen molar-refractivity contribution in [2.24, 2.45) is 0 Å². The van der Waals surface area contributed by atoms with Gasteiger partial charge in [-0.15, -0.1) is 0 Å². The number of ether oxygens (including phenoxy) is 1. The molecule has 1 aliphatic rings. The molecule has 0 spiro atoms. The van der Waals surface area contributed by atoms with Crippen molar-refractivity contribution in [3.05, 3.63) is 23.2 Å². The summed E-state index contributed by atoms with van der Waals surface area (Å²) in [5.74, 6) is -0.259. The third kappa shape index (κ3) is 4.50. The Morgan fingerprint density at radius 1 is 1.43 bits per heavy atom. The largest absolute Gasteiger partial charge is 0.433 e. The first-order valence-electron chi connectivity index (χ1n) is 6.36. The summed E-state index contributed by atoms with van der Waals surface area (Å²) in [6.07, 6.45) is 1.63. The Bertz CT molecular complexity index is 592. The summed E-state index contributed by atoms with van der Waals surface area (Å²) in [5, 5.41) is 2.91. The van der Waals surface area contributed by atoms with Crippen molar-refractivity contribution in [3.8, 4) is 5.75 Å². The Morgan fingerprint density at radius 3 is 2.76 bits per heavy atom. The van der Waals surface area contributed by atoms with E-state index in [2.05, 4.69) is 14.8 Å². The van der Waals surface area contributed by atoms with Gasteiger partial charge >= 0.3 is 6.61 Å². The van der Waals surface area contributed by atoms with E-state index in [9.17, 15) is 17.2 Å². The molecule has 1 heterocycles. The van der Waals surface area contributed by atoms with Crippen molar-refractivity contribution in [1.82, 2.24) is 10.0 Å². The SMILES string of the molecule is O=S(=O)(N[C@H]1CCCNC1)c1ccc(OC(F)F)c(Cl)c1. The summed E-state index contributed by atoms with van der Waals surface area (Å²) in [5.41, 5.74) is 0. The van der Waals surface area contributed by atoms with Gasteiger partial charge in [0.2, 0.25) is 10.0 Å². The number of sulfonamides is 1. The van der Waals surface area contributed by atoms with Crippen LogP contribution in [-0.4, -0.2) is 34.2 Å². The van der Waals surface area contributed by atoms with Gasteiger partial charge in [0.25, 0.3) is 0 Å². The summed E-state index contributed by atoms with van der Waals surface area (Å²) in [4.78, 5) is -0.0836. The maximum absolute atomic E-state index is 12.2. The van der Waals surface area contributed by atoms with Crippen LogP contribution in [0.5, 0.6) is 5.75 Å². The quantitative estimate of drug-likeness (QED) is 0.860. The van der Waals surface area contributed by atoms with Crippen molar-refractivity contribution in [1.29, 1.82) is 0 Å². The summed E-state index contributed by atoms with van der Waals surface area (Å²) in [7, 11) is -3.75. The Morgan fingerprint density at radius 2 is 2.19 bits per heavy atom. The van der Waals surface area contributed by atoms with Gasteiger partial charge in [0.05, 0.1) is 9.92 Å². The van der Waals surface area contributed by atoms with Crippen LogP contribution in [0.4, 0.5) is 8.78 Å². The van der Waals surface area contributed by atoms with Gasteiger partial charge in [-0.25, -0.2) is 13.1 Å². The first-order chi connectivity index (χ1) is 9.88. The second kappa shape index (κ2) is 6.87. The summed E-state index contributed by atoms with van der Waals surface area (Å²) in [6, 6.07) is 3.20. The lowest BCUT2D eigenvalue weighted by atomic mass is 10.1. The fourth-order valence-electron chi connectivity index (χ4n) is 2.08. The molecule has 1 aliphatic heterocycles. The highest BCUT2D eigenvalue weighted by atomic mass is 35.5. The molecular weight excluding hydrogens is 326 g/mol. The smallest absolute Gasteiger partial charge is 0.387 e. The number of hydrogen-bond acceptors (Lipinski definition) is 4. The van der Waals surface area contributed by atoms with Gasteiger partial charge in [-0.2, -0.15) is 8.78 Å². The third-order valence-electron chi connectivity index (χ3n) is 3.05. The highest BCUT2D eigenvalue weighted by Gasteiger charge is 2.22. The molecule has 1 saturated heterocycles. The summed E-state index contributed by atoms with van der Waals surface area (Å²) >= 11 is 5.76. The molecule has 9 heteroatoms. The van der Waals surface area contributed by atoms with Crippen molar-refractivity contribution in [2.45, 2.75) is 30.4 Å². The Balaban J connectivity index is 2.14. The molecule has 5 nitrogen and oxygen atoms in total. The lowest BCUT2D eigenvalue weighted by molar-refractivity contribution is -0.0498. The van der Waals surface area contributed by atoms with Gasteiger partial charge in [-0.1, -0.05) is 11.6 Å². The third-order valence-corrected chi connectivity index (χ3v) is 4.86. The van der Waals surface area contributed by atoms with E-state index in [4.69, 9.17) is 11.6 Å². The fourth-order valence-corrected chi connectivity index (χ4v) is 3.67. The lowest BCUT2D eigenvalue weighted by Crippen LogP contribution is -2.45. The molecule has 2 N–H and O–H groups in total. The van der Waals surface area contributed by atoms with Gasteiger partial charge in [0, 0.05) is 12.6 Å². The average molecular weight is 341 g/mol. The number of alkyl halides is 2. The molecule has 21 heavy (non-hydrogen) atoms. The highest BCUT2D eigenvalue weighted by Crippen LogP contribution is 2.28. The van der Waals surface area contributed by atoms with Crippen LogP contribution in [0.1, 0.15) is 12.8 Å². The minimum absolute atomic E-state index is 0.0836. The Kier molecular flexibility index (Phi) is 5.37. The van der Waals surface area contributed by atoms with Crippen molar-refractivity contribution in [2.75, 3.05) is 13.1 Å². The highest BCUT2D eigenvalue weighted by molar-refractivity contribution is 7.89. The van der Waals surface area contributed by atoms with E-state index in [-0.39, 0.29) is 21.7 Å². The second-order valence-electron chi connectivity index (χ2n) is 4.64. The van der Waals surface area contributed by atoms with Crippen LogP contribution in [0.15, 0.2) is 23.1 Å². The van der Waals surface area contributed by atoms with E-state index < -0.39 is 16.6 Å². The van der Waals surface area contributed by atoms with E-state index in [1.165, 1.54) is 6.07 Å². The number of nitrogens with one attached hydrogen (secondary N) is 2. The van der Waals surface area contributed by atoms with Crippen LogP contribution >= 0.6 is 11.6 Å². The van der Waals surface area contributed by atoms with Crippen LogP contribution in [0.3, 0.4) is 0 Å². The molecule has 118 valence electrons. The monoisotopic (exact) mass is 340 g/mol. The number of hydrogen-bond donors (Lipinski definition) is 2. The lowest BCUT2D eigenvalue weighted by Gasteiger charge is -2.23. The molecule has 2 rings (SSSR count). The first-order valence-corrected chi connectivity index (χ1v) is 8.22. The Labute approximate surface area is 126 Å². The number of benzene rings is 1. The number of halogens is 3.